The molecule has 0 atom stereocenters. The van der Waals surface area contributed by atoms with Crippen LogP contribution in [0.25, 0.3) is 0 Å². The van der Waals surface area contributed by atoms with Crippen molar-refractivity contribution >= 4 is 8.07 Å². The third kappa shape index (κ3) is 13.6. The fourth-order valence-electron chi connectivity index (χ4n) is 3.95. The van der Waals surface area contributed by atoms with Crippen LogP contribution in [0, 0.1) is 20.8 Å². The summed E-state index contributed by atoms with van der Waals surface area (Å²) in [4.78, 5) is 0. The molecule has 0 fully saturated rings. The van der Waals surface area contributed by atoms with Crippen LogP contribution in [0.4, 0.5) is 0 Å². The fourth-order valence-corrected chi connectivity index (χ4v) is 5.43. The molecule has 0 aromatic heterocycles. The minimum absolute atomic E-state index is 0. The van der Waals surface area contributed by atoms with Gasteiger partial charge in [0, 0.05) is 8.07 Å². The first-order chi connectivity index (χ1) is 16.7. The van der Waals surface area contributed by atoms with Crippen LogP contribution >= 0.6 is 0 Å². The molecule has 4 aromatic rings. The quantitative estimate of drug-likeness (QED) is 0.180. The van der Waals surface area contributed by atoms with Crippen LogP contribution in [-0.4, -0.2) is 8.07 Å². The first-order valence-electron chi connectivity index (χ1n) is 12.6. The van der Waals surface area contributed by atoms with Crippen LogP contribution in [0.1, 0.15) is 46.2 Å². The maximum absolute atomic E-state index is 3.72. The average Bonchev–Trinajstić information content (AvgIpc) is 3.23. The van der Waals surface area contributed by atoms with Crippen LogP contribution in [0.2, 0.25) is 19.6 Å². The zero-order valence-electron chi connectivity index (χ0n) is 22.5. The number of benzene rings is 3. The van der Waals surface area contributed by atoms with Gasteiger partial charge in [0.05, 0.1) is 0 Å². The van der Waals surface area contributed by atoms with Crippen molar-refractivity contribution in [3.05, 3.63) is 157 Å². The molecule has 0 bridgehead atoms. The van der Waals surface area contributed by atoms with Gasteiger partial charge in [-0.3, -0.25) is 0 Å². The number of aryl methyl sites for hydroxylation is 1. The molecule has 0 saturated heterocycles. The number of hydrogen-bond acceptors (Lipinski definition) is 0. The van der Waals surface area contributed by atoms with E-state index < -0.39 is 8.07 Å². The molecule has 2 heteroatoms. The molecule has 5 rings (SSSR count). The van der Waals surface area contributed by atoms with Crippen LogP contribution in [0.5, 0.6) is 0 Å². The van der Waals surface area contributed by atoms with Crippen molar-refractivity contribution < 1.29 is 21.7 Å². The number of rotatable bonds is 2. The number of fused-ring (bicyclic) bond motifs is 1. The maximum Gasteiger partial charge on any atom is 4.00 e. The summed E-state index contributed by atoms with van der Waals surface area (Å²) in [6, 6.07) is 35.8. The van der Waals surface area contributed by atoms with Crippen molar-refractivity contribution in [2.45, 2.75) is 51.4 Å². The second kappa shape index (κ2) is 17.1. The normalized spacial score (nSPS) is 11.5. The van der Waals surface area contributed by atoms with Gasteiger partial charge in [-0.05, 0) is 0 Å². The van der Waals surface area contributed by atoms with Crippen molar-refractivity contribution in [1.29, 1.82) is 0 Å². The third-order valence-electron chi connectivity index (χ3n) is 5.63. The molecular weight excluding hydrogens is 484 g/mol. The SMILES string of the molecule is C[Si](C)(C)C[c-]1ccc2c1CCCC2.[CH2-]c1ccccc1.[CH2-]c1ccccc1.[CH2-]c1ccccc1.[Ti+4]. The van der Waals surface area contributed by atoms with E-state index in [0.717, 1.165) is 16.7 Å². The molecular formula is C34H42SiTi. The first kappa shape index (κ1) is 31.6. The van der Waals surface area contributed by atoms with Gasteiger partial charge < -0.3 is 0 Å². The molecule has 0 nitrogen and oxygen atoms in total. The summed E-state index contributed by atoms with van der Waals surface area (Å²) in [7, 11) is -0.921. The van der Waals surface area contributed by atoms with E-state index in [0.29, 0.717) is 0 Å². The molecule has 186 valence electrons. The van der Waals surface area contributed by atoms with Crippen LogP contribution in [-0.2, 0) is 40.6 Å². The Morgan fingerprint density at radius 2 is 1.00 bits per heavy atom. The van der Waals surface area contributed by atoms with E-state index in [1.165, 1.54) is 31.7 Å². The summed E-state index contributed by atoms with van der Waals surface area (Å²) in [5, 5.41) is 0. The molecule has 0 spiro atoms. The van der Waals surface area contributed by atoms with Gasteiger partial charge in [0.25, 0.3) is 0 Å². The van der Waals surface area contributed by atoms with Crippen molar-refractivity contribution in [2.24, 2.45) is 0 Å². The van der Waals surface area contributed by atoms with Crippen molar-refractivity contribution in [3.8, 4) is 0 Å². The Morgan fingerprint density at radius 1 is 0.611 bits per heavy atom. The predicted molar refractivity (Wildman–Crippen MR) is 158 cm³/mol. The Kier molecular flexibility index (Phi) is 15.0. The molecule has 1 aliphatic carbocycles. The average molecular weight is 527 g/mol. The van der Waals surface area contributed by atoms with E-state index >= 15 is 0 Å². The standard InChI is InChI=1S/C13H21Si.3C7H7.Ti/c1-14(2,3)10-12-9-8-11-6-4-5-7-13(11)12;3*1-7-5-3-2-4-6-7;/h8-9H,4-7,10H2,1-3H3;3*2-6H,1H2;/q4*-1;+4. The molecule has 4 aromatic carbocycles. The van der Waals surface area contributed by atoms with Gasteiger partial charge in [-0.2, -0.15) is 96.6 Å². The van der Waals surface area contributed by atoms with Gasteiger partial charge in [-0.1, -0.05) is 69.6 Å². The van der Waals surface area contributed by atoms with E-state index in [9.17, 15) is 0 Å². The van der Waals surface area contributed by atoms with Gasteiger partial charge in [0.2, 0.25) is 0 Å². The topological polar surface area (TPSA) is 0 Å². The number of hydrogen-bond donors (Lipinski definition) is 0. The first-order valence-corrected chi connectivity index (χ1v) is 16.3. The Balaban J connectivity index is 0.000000253. The van der Waals surface area contributed by atoms with E-state index in [1.807, 2.05) is 91.0 Å². The molecule has 36 heavy (non-hydrogen) atoms. The van der Waals surface area contributed by atoms with Gasteiger partial charge in [-0.15, -0.1) is 36.4 Å². The van der Waals surface area contributed by atoms with Crippen LogP contribution in [0.3, 0.4) is 0 Å². The minimum atomic E-state index is -0.921. The van der Waals surface area contributed by atoms with Gasteiger partial charge in [0.15, 0.2) is 0 Å². The van der Waals surface area contributed by atoms with E-state index in [2.05, 4.69) is 52.5 Å². The summed E-state index contributed by atoms with van der Waals surface area (Å²) in [5.74, 6) is 0. The summed E-state index contributed by atoms with van der Waals surface area (Å²) in [6.07, 6.45) is 5.50. The summed E-state index contributed by atoms with van der Waals surface area (Å²) in [6.45, 7) is 18.6. The maximum atomic E-state index is 3.72. The third-order valence-corrected chi connectivity index (χ3v) is 7.07. The predicted octanol–water partition coefficient (Wildman–Crippen LogP) is 9.31. The second-order valence-corrected chi connectivity index (χ2v) is 15.7. The van der Waals surface area contributed by atoms with Gasteiger partial charge in [0.1, 0.15) is 0 Å². The van der Waals surface area contributed by atoms with Crippen molar-refractivity contribution in [1.82, 2.24) is 0 Å². The molecule has 0 aliphatic heterocycles. The zero-order valence-corrected chi connectivity index (χ0v) is 25.0. The molecule has 0 unspecified atom stereocenters. The summed E-state index contributed by atoms with van der Waals surface area (Å²) >= 11 is 0. The molecule has 0 radical (unpaired) electrons. The Labute approximate surface area is 237 Å². The monoisotopic (exact) mass is 526 g/mol. The second-order valence-electron chi connectivity index (χ2n) is 10.3. The Bertz CT molecular complexity index is 971. The van der Waals surface area contributed by atoms with E-state index in [4.69, 9.17) is 0 Å². The Hall–Kier alpha value is -2.45. The zero-order chi connectivity index (χ0) is 25.5. The van der Waals surface area contributed by atoms with Crippen molar-refractivity contribution in [2.75, 3.05) is 0 Å². The van der Waals surface area contributed by atoms with E-state index in [1.54, 1.807) is 16.7 Å². The fraction of sp³-hybridized carbons (Fsp3) is 0.235. The largest absolute Gasteiger partial charge is 4.00 e. The van der Waals surface area contributed by atoms with Crippen LogP contribution in [0.15, 0.2) is 103 Å². The van der Waals surface area contributed by atoms with Gasteiger partial charge >= 0.3 is 21.7 Å². The Morgan fingerprint density at radius 3 is 1.33 bits per heavy atom. The molecule has 1 aliphatic rings. The summed E-state index contributed by atoms with van der Waals surface area (Å²) in [5.41, 5.74) is 8.27. The summed E-state index contributed by atoms with van der Waals surface area (Å²) < 4.78 is 0. The molecule has 0 saturated carbocycles. The van der Waals surface area contributed by atoms with Crippen LogP contribution < -0.4 is 0 Å². The van der Waals surface area contributed by atoms with E-state index in [-0.39, 0.29) is 21.7 Å². The smallest absolute Gasteiger partial charge is 0.210 e. The van der Waals surface area contributed by atoms with Gasteiger partial charge in [-0.25, -0.2) is 6.07 Å². The molecule has 0 amide bonds. The molecule has 0 N–H and O–H groups in total. The van der Waals surface area contributed by atoms with Crippen molar-refractivity contribution in [3.63, 3.8) is 0 Å². The minimum Gasteiger partial charge on any atom is -0.210 e. The molecule has 0 heterocycles.